The zero-order chi connectivity index (χ0) is 13.0. The highest BCUT2D eigenvalue weighted by molar-refractivity contribution is 7.09. The molecule has 0 aliphatic heterocycles. The van der Waals surface area contributed by atoms with E-state index in [0.29, 0.717) is 12.2 Å². The van der Waals surface area contributed by atoms with E-state index in [0.717, 1.165) is 10.7 Å². The van der Waals surface area contributed by atoms with E-state index in [1.807, 2.05) is 6.92 Å². The van der Waals surface area contributed by atoms with E-state index in [-0.39, 0.29) is 11.9 Å². The van der Waals surface area contributed by atoms with Crippen LogP contribution in [0.2, 0.25) is 0 Å². The fourth-order valence-corrected chi connectivity index (χ4v) is 2.04. The smallest absolute Gasteiger partial charge is 0.271 e. The van der Waals surface area contributed by atoms with Gasteiger partial charge in [0, 0.05) is 11.6 Å². The summed E-state index contributed by atoms with van der Waals surface area (Å²) in [6.45, 7) is 2.19. The van der Waals surface area contributed by atoms with Gasteiger partial charge in [-0.05, 0) is 13.0 Å². The van der Waals surface area contributed by atoms with Gasteiger partial charge in [-0.3, -0.25) is 4.79 Å². The number of nitrogens with two attached hydrogens (primary N) is 1. The molecule has 0 saturated carbocycles. The molecule has 0 radical (unpaired) electrons. The van der Waals surface area contributed by atoms with Gasteiger partial charge in [0.25, 0.3) is 5.91 Å². The molecule has 7 heteroatoms. The zero-order valence-corrected chi connectivity index (χ0v) is 10.6. The Morgan fingerprint density at radius 2 is 2.44 bits per heavy atom. The van der Waals surface area contributed by atoms with Crippen LogP contribution in [0.3, 0.4) is 0 Å². The Morgan fingerprint density at radius 3 is 3.06 bits per heavy atom. The maximum Gasteiger partial charge on any atom is 0.271 e. The molecular weight excluding hydrogens is 250 g/mol. The van der Waals surface area contributed by atoms with Crippen molar-refractivity contribution in [2.45, 2.75) is 19.5 Å². The van der Waals surface area contributed by atoms with Gasteiger partial charge >= 0.3 is 0 Å². The van der Waals surface area contributed by atoms with E-state index < -0.39 is 0 Å². The maximum atomic E-state index is 11.8. The fourth-order valence-electron chi connectivity index (χ4n) is 1.29. The largest absolute Gasteiger partial charge is 0.345 e. The van der Waals surface area contributed by atoms with Crippen LogP contribution < -0.4 is 11.1 Å². The Balaban J connectivity index is 1.95. The molecule has 0 aliphatic rings. The predicted octanol–water partition coefficient (Wildman–Crippen LogP) is 0.883. The van der Waals surface area contributed by atoms with Gasteiger partial charge in [-0.25, -0.2) is 15.0 Å². The SMILES string of the molecule is CC(N)c1nc(C(=O)NCc2ccncn2)cs1. The van der Waals surface area contributed by atoms with Crippen molar-refractivity contribution in [3.8, 4) is 0 Å². The summed E-state index contributed by atoms with van der Waals surface area (Å²) in [6, 6.07) is 1.59. The quantitative estimate of drug-likeness (QED) is 0.854. The first-order valence-corrected chi connectivity index (χ1v) is 6.29. The number of rotatable bonds is 4. The van der Waals surface area contributed by atoms with Crippen LogP contribution in [-0.2, 0) is 6.54 Å². The molecule has 3 N–H and O–H groups in total. The lowest BCUT2D eigenvalue weighted by Crippen LogP contribution is -2.23. The second-order valence-electron chi connectivity index (χ2n) is 3.74. The van der Waals surface area contributed by atoms with E-state index in [4.69, 9.17) is 5.73 Å². The average Bonchev–Trinajstić information content (AvgIpc) is 2.87. The zero-order valence-electron chi connectivity index (χ0n) is 9.83. The Labute approximate surface area is 108 Å². The molecule has 1 atom stereocenters. The van der Waals surface area contributed by atoms with Crippen LogP contribution >= 0.6 is 11.3 Å². The molecule has 2 rings (SSSR count). The Morgan fingerprint density at radius 1 is 1.61 bits per heavy atom. The summed E-state index contributed by atoms with van der Waals surface area (Å²) < 4.78 is 0. The van der Waals surface area contributed by atoms with Gasteiger partial charge in [0.15, 0.2) is 0 Å². The van der Waals surface area contributed by atoms with E-state index in [1.165, 1.54) is 17.7 Å². The van der Waals surface area contributed by atoms with Gasteiger partial charge in [-0.2, -0.15) is 0 Å². The van der Waals surface area contributed by atoms with Crippen LogP contribution in [0.4, 0.5) is 0 Å². The van der Waals surface area contributed by atoms with Crippen molar-refractivity contribution in [1.82, 2.24) is 20.3 Å². The number of carbonyl (C=O) groups excluding carboxylic acids is 1. The highest BCUT2D eigenvalue weighted by Gasteiger charge is 2.12. The lowest BCUT2D eigenvalue weighted by atomic mass is 10.3. The monoisotopic (exact) mass is 263 g/mol. The Kier molecular flexibility index (Phi) is 3.96. The topological polar surface area (TPSA) is 93.8 Å². The summed E-state index contributed by atoms with van der Waals surface area (Å²) >= 11 is 1.39. The fraction of sp³-hybridized carbons (Fsp3) is 0.273. The molecular formula is C11H13N5OS. The predicted molar refractivity (Wildman–Crippen MR) is 67.9 cm³/mol. The van der Waals surface area contributed by atoms with Crippen molar-refractivity contribution < 1.29 is 4.79 Å². The molecule has 0 saturated heterocycles. The average molecular weight is 263 g/mol. The molecule has 0 fully saturated rings. The summed E-state index contributed by atoms with van der Waals surface area (Å²) in [5.74, 6) is -0.225. The number of amides is 1. The van der Waals surface area contributed by atoms with E-state index in [9.17, 15) is 4.79 Å². The number of hydrogen-bond acceptors (Lipinski definition) is 6. The lowest BCUT2D eigenvalue weighted by molar-refractivity contribution is 0.0946. The third kappa shape index (κ3) is 3.08. The second kappa shape index (κ2) is 5.65. The highest BCUT2D eigenvalue weighted by Crippen LogP contribution is 2.15. The molecule has 94 valence electrons. The normalized spacial score (nSPS) is 12.1. The molecule has 0 aliphatic carbocycles. The molecule has 2 aromatic heterocycles. The minimum Gasteiger partial charge on any atom is -0.345 e. The summed E-state index contributed by atoms with van der Waals surface area (Å²) in [6.07, 6.45) is 3.07. The van der Waals surface area contributed by atoms with Crippen LogP contribution in [-0.4, -0.2) is 20.9 Å². The van der Waals surface area contributed by atoms with Crippen molar-refractivity contribution in [2.75, 3.05) is 0 Å². The van der Waals surface area contributed by atoms with Gasteiger partial charge in [0.2, 0.25) is 0 Å². The third-order valence-electron chi connectivity index (χ3n) is 2.22. The van der Waals surface area contributed by atoms with Crippen molar-refractivity contribution in [2.24, 2.45) is 5.73 Å². The van der Waals surface area contributed by atoms with Crippen molar-refractivity contribution >= 4 is 17.2 Å². The number of thiazole rings is 1. The second-order valence-corrected chi connectivity index (χ2v) is 4.63. The molecule has 1 unspecified atom stereocenters. The molecule has 2 heterocycles. The molecule has 0 aromatic carbocycles. The highest BCUT2D eigenvalue weighted by atomic mass is 32.1. The third-order valence-corrected chi connectivity index (χ3v) is 3.26. The van der Waals surface area contributed by atoms with Crippen LogP contribution in [0, 0.1) is 0 Å². The summed E-state index contributed by atoms with van der Waals surface area (Å²) in [5.41, 5.74) is 6.83. The van der Waals surface area contributed by atoms with Crippen LogP contribution in [0.1, 0.15) is 34.2 Å². The van der Waals surface area contributed by atoms with Gasteiger partial charge in [-0.15, -0.1) is 11.3 Å². The number of aromatic nitrogens is 3. The molecule has 0 spiro atoms. The number of carbonyl (C=O) groups is 1. The Hall–Kier alpha value is -1.86. The number of hydrogen-bond donors (Lipinski definition) is 2. The summed E-state index contributed by atoms with van der Waals surface area (Å²) in [4.78, 5) is 23.8. The molecule has 0 bridgehead atoms. The molecule has 2 aromatic rings. The minimum absolute atomic E-state index is 0.154. The van der Waals surface area contributed by atoms with Crippen LogP contribution in [0.5, 0.6) is 0 Å². The van der Waals surface area contributed by atoms with Crippen molar-refractivity contribution in [3.63, 3.8) is 0 Å². The summed E-state index contributed by atoms with van der Waals surface area (Å²) in [5, 5.41) is 5.20. The summed E-state index contributed by atoms with van der Waals surface area (Å²) in [7, 11) is 0. The van der Waals surface area contributed by atoms with Crippen LogP contribution in [0.15, 0.2) is 24.0 Å². The maximum absolute atomic E-state index is 11.8. The van der Waals surface area contributed by atoms with E-state index >= 15 is 0 Å². The first-order valence-electron chi connectivity index (χ1n) is 5.41. The molecule has 1 amide bonds. The number of nitrogens with one attached hydrogen (secondary N) is 1. The van der Waals surface area contributed by atoms with Crippen molar-refractivity contribution in [3.05, 3.63) is 40.4 Å². The van der Waals surface area contributed by atoms with E-state index in [2.05, 4.69) is 20.3 Å². The molecule has 18 heavy (non-hydrogen) atoms. The van der Waals surface area contributed by atoms with Crippen molar-refractivity contribution in [1.29, 1.82) is 0 Å². The minimum atomic E-state index is -0.225. The lowest BCUT2D eigenvalue weighted by Gasteiger charge is -2.02. The van der Waals surface area contributed by atoms with Crippen LogP contribution in [0.25, 0.3) is 0 Å². The van der Waals surface area contributed by atoms with Gasteiger partial charge in [0.1, 0.15) is 17.0 Å². The van der Waals surface area contributed by atoms with E-state index in [1.54, 1.807) is 17.6 Å². The Bertz CT molecular complexity index is 525. The van der Waals surface area contributed by atoms with Gasteiger partial charge in [-0.1, -0.05) is 0 Å². The number of nitrogens with zero attached hydrogens (tertiary/aromatic N) is 3. The molecule has 6 nitrogen and oxygen atoms in total. The van der Waals surface area contributed by atoms with Gasteiger partial charge in [0.05, 0.1) is 18.3 Å². The van der Waals surface area contributed by atoms with Gasteiger partial charge < -0.3 is 11.1 Å². The first-order chi connectivity index (χ1) is 8.66. The standard InChI is InChI=1S/C11H13N5OS/c1-7(12)11-16-9(5-18-11)10(17)14-4-8-2-3-13-6-15-8/h2-3,5-7H,4,12H2,1H3,(H,14,17). The first kappa shape index (κ1) is 12.6.